The van der Waals surface area contributed by atoms with Gasteiger partial charge in [0.15, 0.2) is 0 Å². The molecule has 0 saturated carbocycles. The van der Waals surface area contributed by atoms with Crippen LogP contribution in [0.25, 0.3) is 0 Å². The van der Waals surface area contributed by atoms with Gasteiger partial charge < -0.3 is 5.73 Å². The number of nitrogens with two attached hydrogens (primary N) is 1. The maximum absolute atomic E-state index is 5.52. The molecule has 0 unspecified atom stereocenters. The molecule has 0 radical (unpaired) electrons. The average Bonchev–Trinajstić information content (AvgIpc) is 2.69. The highest BCUT2D eigenvalue weighted by atomic mass is 15.3. The second kappa shape index (κ2) is 4.28. The maximum Gasteiger partial charge on any atom is 0.0659 e. The summed E-state index contributed by atoms with van der Waals surface area (Å²) in [7, 11) is 0. The Hall–Kier alpha value is -1.61. The fourth-order valence-corrected chi connectivity index (χ4v) is 1.48. The standard InChI is InChI=1S/C12H15N3/c1-10-2-4-11(5-3-10)8-15-9-12(6-13)7-14-15/h2-5,7,9H,6,8,13H2,1H3. The minimum Gasteiger partial charge on any atom is -0.326 e. The smallest absolute Gasteiger partial charge is 0.0659 e. The molecule has 0 amide bonds. The van der Waals surface area contributed by atoms with Crippen molar-refractivity contribution in [2.45, 2.75) is 20.0 Å². The summed E-state index contributed by atoms with van der Waals surface area (Å²) in [6, 6.07) is 8.48. The Morgan fingerprint density at radius 2 is 1.93 bits per heavy atom. The SMILES string of the molecule is Cc1ccc(Cn2cc(CN)cn2)cc1. The average molecular weight is 201 g/mol. The van der Waals surface area contributed by atoms with Crippen molar-refractivity contribution in [2.24, 2.45) is 5.73 Å². The Labute approximate surface area is 89.5 Å². The first-order valence-electron chi connectivity index (χ1n) is 5.05. The fourth-order valence-electron chi connectivity index (χ4n) is 1.48. The van der Waals surface area contributed by atoms with Crippen LogP contribution in [-0.2, 0) is 13.1 Å². The van der Waals surface area contributed by atoms with Gasteiger partial charge in [-0.15, -0.1) is 0 Å². The normalized spacial score (nSPS) is 10.5. The molecular formula is C12H15N3. The van der Waals surface area contributed by atoms with E-state index in [2.05, 4.69) is 36.3 Å². The number of hydrogen-bond acceptors (Lipinski definition) is 2. The number of rotatable bonds is 3. The van der Waals surface area contributed by atoms with Gasteiger partial charge in [0.2, 0.25) is 0 Å². The van der Waals surface area contributed by atoms with E-state index in [1.54, 1.807) is 0 Å². The van der Waals surface area contributed by atoms with Gasteiger partial charge >= 0.3 is 0 Å². The van der Waals surface area contributed by atoms with Crippen LogP contribution in [0.2, 0.25) is 0 Å². The van der Waals surface area contributed by atoms with Crippen molar-refractivity contribution in [3.05, 3.63) is 53.3 Å². The summed E-state index contributed by atoms with van der Waals surface area (Å²) in [6.07, 6.45) is 3.80. The van der Waals surface area contributed by atoms with Crippen molar-refractivity contribution in [1.82, 2.24) is 9.78 Å². The fraction of sp³-hybridized carbons (Fsp3) is 0.250. The maximum atomic E-state index is 5.52. The molecule has 0 fully saturated rings. The van der Waals surface area contributed by atoms with Gasteiger partial charge in [0, 0.05) is 18.3 Å². The molecule has 0 spiro atoms. The Bertz CT molecular complexity index is 428. The molecule has 2 N–H and O–H groups in total. The molecule has 15 heavy (non-hydrogen) atoms. The van der Waals surface area contributed by atoms with E-state index < -0.39 is 0 Å². The Balaban J connectivity index is 2.11. The minimum atomic E-state index is 0.550. The monoisotopic (exact) mass is 201 g/mol. The van der Waals surface area contributed by atoms with Crippen molar-refractivity contribution in [3.8, 4) is 0 Å². The second-order valence-corrected chi connectivity index (χ2v) is 3.74. The Morgan fingerprint density at radius 1 is 1.20 bits per heavy atom. The number of benzene rings is 1. The number of nitrogens with zero attached hydrogens (tertiary/aromatic N) is 2. The highest BCUT2D eigenvalue weighted by Gasteiger charge is 1.97. The lowest BCUT2D eigenvalue weighted by molar-refractivity contribution is 0.686. The first kappa shape index (κ1) is 9.93. The van der Waals surface area contributed by atoms with E-state index in [-0.39, 0.29) is 0 Å². The molecule has 1 aromatic carbocycles. The van der Waals surface area contributed by atoms with Gasteiger partial charge in [0.1, 0.15) is 0 Å². The number of aromatic nitrogens is 2. The Kier molecular flexibility index (Phi) is 2.83. The van der Waals surface area contributed by atoms with Crippen molar-refractivity contribution in [1.29, 1.82) is 0 Å². The molecule has 0 saturated heterocycles. The zero-order valence-electron chi connectivity index (χ0n) is 8.85. The lowest BCUT2D eigenvalue weighted by Crippen LogP contribution is -2.00. The lowest BCUT2D eigenvalue weighted by Gasteiger charge is -2.01. The van der Waals surface area contributed by atoms with E-state index >= 15 is 0 Å². The predicted molar refractivity (Wildman–Crippen MR) is 60.4 cm³/mol. The molecule has 2 aromatic rings. The van der Waals surface area contributed by atoms with Crippen molar-refractivity contribution in [3.63, 3.8) is 0 Å². The second-order valence-electron chi connectivity index (χ2n) is 3.74. The van der Waals surface area contributed by atoms with Gasteiger partial charge in [-0.05, 0) is 12.5 Å². The highest BCUT2D eigenvalue weighted by molar-refractivity contribution is 5.21. The molecule has 2 rings (SSSR count). The van der Waals surface area contributed by atoms with Crippen LogP contribution in [0.4, 0.5) is 0 Å². The zero-order chi connectivity index (χ0) is 10.7. The molecular weight excluding hydrogens is 186 g/mol. The predicted octanol–water partition coefficient (Wildman–Crippen LogP) is 1.70. The molecule has 0 aliphatic carbocycles. The minimum absolute atomic E-state index is 0.550. The van der Waals surface area contributed by atoms with Crippen LogP contribution < -0.4 is 5.73 Å². The molecule has 3 heteroatoms. The van der Waals surface area contributed by atoms with Gasteiger partial charge in [-0.3, -0.25) is 4.68 Å². The van der Waals surface area contributed by atoms with E-state index in [0.29, 0.717) is 6.54 Å². The van der Waals surface area contributed by atoms with Crippen LogP contribution in [-0.4, -0.2) is 9.78 Å². The van der Waals surface area contributed by atoms with E-state index in [0.717, 1.165) is 12.1 Å². The topological polar surface area (TPSA) is 43.8 Å². The van der Waals surface area contributed by atoms with Crippen molar-refractivity contribution >= 4 is 0 Å². The zero-order valence-corrected chi connectivity index (χ0v) is 8.85. The first-order valence-corrected chi connectivity index (χ1v) is 5.05. The van der Waals surface area contributed by atoms with E-state index in [1.807, 2.05) is 17.1 Å². The summed E-state index contributed by atoms with van der Waals surface area (Å²) in [4.78, 5) is 0. The van der Waals surface area contributed by atoms with Crippen molar-refractivity contribution < 1.29 is 0 Å². The van der Waals surface area contributed by atoms with Crippen LogP contribution in [0.15, 0.2) is 36.7 Å². The van der Waals surface area contributed by atoms with Gasteiger partial charge in [0.25, 0.3) is 0 Å². The first-order chi connectivity index (χ1) is 7.28. The Morgan fingerprint density at radius 3 is 2.53 bits per heavy atom. The quantitative estimate of drug-likeness (QED) is 0.821. The third-order valence-corrected chi connectivity index (χ3v) is 2.39. The number of aryl methyl sites for hydroxylation is 1. The summed E-state index contributed by atoms with van der Waals surface area (Å²) < 4.78 is 1.91. The molecule has 1 aromatic heterocycles. The summed E-state index contributed by atoms with van der Waals surface area (Å²) in [6.45, 7) is 3.44. The molecule has 1 heterocycles. The van der Waals surface area contributed by atoms with Crippen molar-refractivity contribution in [2.75, 3.05) is 0 Å². The molecule has 3 nitrogen and oxygen atoms in total. The van der Waals surface area contributed by atoms with Crippen LogP contribution in [0, 0.1) is 6.92 Å². The summed E-state index contributed by atoms with van der Waals surface area (Å²) in [5.41, 5.74) is 9.13. The number of hydrogen-bond donors (Lipinski definition) is 1. The molecule has 0 aliphatic rings. The van der Waals surface area contributed by atoms with Crippen LogP contribution in [0.3, 0.4) is 0 Å². The van der Waals surface area contributed by atoms with Gasteiger partial charge in [-0.1, -0.05) is 29.8 Å². The summed E-state index contributed by atoms with van der Waals surface area (Å²) in [5, 5.41) is 4.24. The van der Waals surface area contributed by atoms with Crippen LogP contribution in [0.5, 0.6) is 0 Å². The lowest BCUT2D eigenvalue weighted by atomic mass is 10.1. The highest BCUT2D eigenvalue weighted by Crippen LogP contribution is 2.05. The molecule has 0 atom stereocenters. The molecule has 78 valence electrons. The molecule has 0 aliphatic heterocycles. The van der Waals surface area contributed by atoms with Crippen LogP contribution in [0.1, 0.15) is 16.7 Å². The van der Waals surface area contributed by atoms with Gasteiger partial charge in [-0.2, -0.15) is 5.10 Å². The summed E-state index contributed by atoms with van der Waals surface area (Å²) >= 11 is 0. The van der Waals surface area contributed by atoms with E-state index in [1.165, 1.54) is 11.1 Å². The van der Waals surface area contributed by atoms with E-state index in [9.17, 15) is 0 Å². The van der Waals surface area contributed by atoms with Gasteiger partial charge in [0.05, 0.1) is 12.7 Å². The summed E-state index contributed by atoms with van der Waals surface area (Å²) in [5.74, 6) is 0. The van der Waals surface area contributed by atoms with E-state index in [4.69, 9.17) is 5.73 Å². The molecule has 0 bridgehead atoms. The third-order valence-electron chi connectivity index (χ3n) is 2.39. The van der Waals surface area contributed by atoms with Crippen LogP contribution >= 0.6 is 0 Å². The van der Waals surface area contributed by atoms with Gasteiger partial charge in [-0.25, -0.2) is 0 Å². The third kappa shape index (κ3) is 2.44. The largest absolute Gasteiger partial charge is 0.326 e.